The SMILES string of the molecule is CCCCn1c(C[NH+](C)Cc2ccc(F)cc2)nc2cc(S(N)(=O)=O)ccc21. The number of quaternary nitrogens is 1. The van der Waals surface area contributed by atoms with Crippen molar-refractivity contribution in [1.82, 2.24) is 9.55 Å². The van der Waals surface area contributed by atoms with Crippen LogP contribution >= 0.6 is 0 Å². The third-order valence-corrected chi connectivity index (χ3v) is 5.65. The van der Waals surface area contributed by atoms with E-state index in [4.69, 9.17) is 10.1 Å². The second-order valence-corrected chi connectivity index (χ2v) is 8.73. The molecule has 0 aliphatic carbocycles. The molecule has 6 nitrogen and oxygen atoms in total. The van der Waals surface area contributed by atoms with E-state index in [0.717, 1.165) is 42.8 Å². The summed E-state index contributed by atoms with van der Waals surface area (Å²) in [4.78, 5) is 5.97. The summed E-state index contributed by atoms with van der Waals surface area (Å²) in [5.74, 6) is 0.656. The average Bonchev–Trinajstić information content (AvgIpc) is 2.97. The Kier molecular flexibility index (Phi) is 6.12. The zero-order valence-electron chi connectivity index (χ0n) is 16.2. The quantitative estimate of drug-likeness (QED) is 0.600. The van der Waals surface area contributed by atoms with Crippen LogP contribution in [0.25, 0.3) is 11.0 Å². The highest BCUT2D eigenvalue weighted by atomic mass is 32.2. The number of hydrogen-bond donors (Lipinski definition) is 2. The summed E-state index contributed by atoms with van der Waals surface area (Å²) >= 11 is 0. The third-order valence-electron chi connectivity index (χ3n) is 4.74. The van der Waals surface area contributed by atoms with Crippen LogP contribution in [0, 0.1) is 5.82 Å². The monoisotopic (exact) mass is 405 g/mol. The first-order chi connectivity index (χ1) is 13.3. The third kappa shape index (κ3) is 4.76. The zero-order valence-corrected chi connectivity index (χ0v) is 17.0. The summed E-state index contributed by atoms with van der Waals surface area (Å²) in [5, 5.41) is 5.26. The van der Waals surface area contributed by atoms with E-state index in [1.54, 1.807) is 18.2 Å². The first kappa shape index (κ1) is 20.4. The number of nitrogens with one attached hydrogen (secondary N) is 1. The molecule has 0 amide bonds. The van der Waals surface area contributed by atoms with E-state index in [-0.39, 0.29) is 10.7 Å². The lowest BCUT2D eigenvalue weighted by Crippen LogP contribution is -3.06. The van der Waals surface area contributed by atoms with E-state index in [9.17, 15) is 12.8 Å². The average molecular weight is 406 g/mol. The molecule has 0 radical (unpaired) electrons. The lowest BCUT2D eigenvalue weighted by Gasteiger charge is -2.15. The molecule has 0 saturated carbocycles. The number of unbranched alkanes of at least 4 members (excludes halogenated alkanes) is 1. The summed E-state index contributed by atoms with van der Waals surface area (Å²) in [6, 6.07) is 11.3. The van der Waals surface area contributed by atoms with Crippen molar-refractivity contribution >= 4 is 21.1 Å². The fraction of sp³-hybridized carbons (Fsp3) is 0.350. The predicted octanol–water partition coefficient (Wildman–Crippen LogP) is 1.84. The molecule has 3 N–H and O–H groups in total. The van der Waals surface area contributed by atoms with E-state index < -0.39 is 10.0 Å². The molecule has 0 aliphatic heterocycles. The van der Waals surface area contributed by atoms with Crippen LogP contribution in [0.2, 0.25) is 0 Å². The van der Waals surface area contributed by atoms with Gasteiger partial charge in [0.15, 0.2) is 5.82 Å². The van der Waals surface area contributed by atoms with Crippen LogP contribution in [0.15, 0.2) is 47.4 Å². The largest absolute Gasteiger partial charge is 0.327 e. The smallest absolute Gasteiger partial charge is 0.238 e. The molecule has 0 spiro atoms. The maximum Gasteiger partial charge on any atom is 0.238 e. The molecule has 150 valence electrons. The van der Waals surface area contributed by atoms with Crippen LogP contribution < -0.4 is 10.0 Å². The Morgan fingerprint density at radius 2 is 1.86 bits per heavy atom. The number of aryl methyl sites for hydroxylation is 1. The summed E-state index contributed by atoms with van der Waals surface area (Å²) < 4.78 is 38.6. The van der Waals surface area contributed by atoms with Crippen molar-refractivity contribution in [2.24, 2.45) is 5.14 Å². The molecule has 8 heteroatoms. The van der Waals surface area contributed by atoms with E-state index >= 15 is 0 Å². The molecule has 1 atom stereocenters. The minimum Gasteiger partial charge on any atom is -0.327 e. The van der Waals surface area contributed by atoms with Crippen molar-refractivity contribution in [3.63, 3.8) is 0 Å². The topological polar surface area (TPSA) is 82.4 Å². The van der Waals surface area contributed by atoms with Gasteiger partial charge in [-0.25, -0.2) is 22.9 Å². The van der Waals surface area contributed by atoms with Gasteiger partial charge in [-0.2, -0.15) is 0 Å². The van der Waals surface area contributed by atoms with E-state index in [1.807, 2.05) is 0 Å². The molecule has 3 aromatic rings. The first-order valence-corrected chi connectivity index (χ1v) is 10.9. The van der Waals surface area contributed by atoms with Crippen molar-refractivity contribution < 1.29 is 17.7 Å². The number of sulfonamides is 1. The molecule has 1 aromatic heterocycles. The molecule has 3 rings (SSSR count). The fourth-order valence-corrected chi connectivity index (χ4v) is 3.85. The number of fused-ring (bicyclic) bond motifs is 1. The maximum absolute atomic E-state index is 13.1. The van der Waals surface area contributed by atoms with Gasteiger partial charge in [0.25, 0.3) is 0 Å². The second-order valence-electron chi connectivity index (χ2n) is 7.17. The zero-order chi connectivity index (χ0) is 20.3. The van der Waals surface area contributed by atoms with Crippen LogP contribution in [-0.4, -0.2) is 25.0 Å². The van der Waals surface area contributed by atoms with Crippen LogP contribution in [0.1, 0.15) is 31.2 Å². The van der Waals surface area contributed by atoms with Crippen molar-refractivity contribution in [2.45, 2.75) is 44.3 Å². The molecule has 1 unspecified atom stereocenters. The van der Waals surface area contributed by atoms with Gasteiger partial charge in [-0.1, -0.05) is 25.5 Å². The summed E-state index contributed by atoms with van der Waals surface area (Å²) in [6.07, 6.45) is 2.05. The molecule has 28 heavy (non-hydrogen) atoms. The molecule has 0 aliphatic rings. The number of hydrogen-bond acceptors (Lipinski definition) is 3. The highest BCUT2D eigenvalue weighted by Crippen LogP contribution is 2.20. The standard InChI is InChI=1S/C20H25FN4O2S/c1-3-4-11-25-19-10-9-17(28(22,26)27)12-18(19)23-20(25)14-24(2)13-15-5-7-16(21)8-6-15/h5-10,12H,3-4,11,13-14H2,1-2H3,(H2,22,26,27)/p+1. The predicted molar refractivity (Wildman–Crippen MR) is 107 cm³/mol. The Hall–Kier alpha value is -2.29. The van der Waals surface area contributed by atoms with Gasteiger partial charge in [-0.3, -0.25) is 0 Å². The number of nitrogens with zero attached hydrogens (tertiary/aromatic N) is 2. The molecule has 0 saturated heterocycles. The van der Waals surface area contributed by atoms with Crippen LogP contribution in [0.4, 0.5) is 4.39 Å². The Bertz CT molecular complexity index is 1060. The lowest BCUT2D eigenvalue weighted by molar-refractivity contribution is -0.908. The van der Waals surface area contributed by atoms with E-state index in [0.29, 0.717) is 12.1 Å². The molecule has 2 aromatic carbocycles. The van der Waals surface area contributed by atoms with Crippen LogP contribution in [0.3, 0.4) is 0 Å². The molecule has 0 fully saturated rings. The fourth-order valence-electron chi connectivity index (χ4n) is 3.32. The number of rotatable bonds is 8. The van der Waals surface area contributed by atoms with Gasteiger partial charge < -0.3 is 9.47 Å². The van der Waals surface area contributed by atoms with Gasteiger partial charge in [0.2, 0.25) is 10.0 Å². The minimum absolute atomic E-state index is 0.0682. The highest BCUT2D eigenvalue weighted by molar-refractivity contribution is 7.89. The Labute approximate surface area is 164 Å². The Morgan fingerprint density at radius 3 is 2.50 bits per heavy atom. The van der Waals surface area contributed by atoms with Crippen molar-refractivity contribution in [2.75, 3.05) is 7.05 Å². The summed E-state index contributed by atoms with van der Waals surface area (Å²) in [6.45, 7) is 4.35. The maximum atomic E-state index is 13.1. The van der Waals surface area contributed by atoms with Gasteiger partial charge in [0.05, 0.1) is 23.0 Å². The number of nitrogens with two attached hydrogens (primary N) is 1. The number of primary sulfonamides is 1. The van der Waals surface area contributed by atoms with Crippen LogP contribution in [-0.2, 0) is 29.7 Å². The van der Waals surface area contributed by atoms with E-state index in [1.165, 1.54) is 29.2 Å². The molecular formula is C20H26FN4O2S+. The Morgan fingerprint density at radius 1 is 1.14 bits per heavy atom. The minimum atomic E-state index is -3.77. The van der Waals surface area contributed by atoms with Crippen molar-refractivity contribution in [1.29, 1.82) is 0 Å². The first-order valence-electron chi connectivity index (χ1n) is 9.35. The Balaban J connectivity index is 1.90. The number of aromatic nitrogens is 2. The molecular weight excluding hydrogens is 379 g/mol. The summed E-state index contributed by atoms with van der Waals surface area (Å²) in [7, 11) is -1.71. The number of benzene rings is 2. The summed E-state index contributed by atoms with van der Waals surface area (Å²) in [5.41, 5.74) is 2.59. The van der Waals surface area contributed by atoms with Gasteiger partial charge in [0, 0.05) is 12.1 Å². The van der Waals surface area contributed by atoms with Gasteiger partial charge in [-0.15, -0.1) is 0 Å². The van der Waals surface area contributed by atoms with Crippen molar-refractivity contribution in [3.05, 3.63) is 59.7 Å². The number of halogens is 1. The van der Waals surface area contributed by atoms with Gasteiger partial charge in [0.1, 0.15) is 18.9 Å². The van der Waals surface area contributed by atoms with Crippen molar-refractivity contribution in [3.8, 4) is 0 Å². The second kappa shape index (κ2) is 8.38. The van der Waals surface area contributed by atoms with Gasteiger partial charge >= 0.3 is 0 Å². The molecule has 0 bridgehead atoms. The lowest BCUT2D eigenvalue weighted by atomic mass is 10.2. The highest BCUT2D eigenvalue weighted by Gasteiger charge is 2.17. The normalized spacial score (nSPS) is 13.1. The van der Waals surface area contributed by atoms with Crippen LogP contribution in [0.5, 0.6) is 0 Å². The van der Waals surface area contributed by atoms with E-state index in [2.05, 4.69) is 18.5 Å². The number of imidazole rings is 1. The molecule has 1 heterocycles. The van der Waals surface area contributed by atoms with Gasteiger partial charge in [-0.05, 0) is 36.8 Å².